The van der Waals surface area contributed by atoms with Gasteiger partial charge in [-0.15, -0.1) is 0 Å². The second-order valence-electron chi connectivity index (χ2n) is 6.22. The molecule has 3 heteroatoms. The van der Waals surface area contributed by atoms with Crippen molar-refractivity contribution in [3.05, 3.63) is 35.9 Å². The van der Waals surface area contributed by atoms with E-state index in [0.717, 1.165) is 38.4 Å². The van der Waals surface area contributed by atoms with E-state index in [-0.39, 0.29) is 5.91 Å². The van der Waals surface area contributed by atoms with Gasteiger partial charge in [0.2, 0.25) is 5.91 Å². The van der Waals surface area contributed by atoms with Gasteiger partial charge in [0, 0.05) is 32.0 Å². The summed E-state index contributed by atoms with van der Waals surface area (Å²) in [7, 11) is 0. The number of rotatable bonds is 4. The predicted octanol–water partition coefficient (Wildman–Crippen LogP) is 2.39. The molecule has 20 heavy (non-hydrogen) atoms. The highest BCUT2D eigenvalue weighted by Gasteiger charge is 2.38. The van der Waals surface area contributed by atoms with Crippen molar-refractivity contribution in [1.29, 1.82) is 0 Å². The van der Waals surface area contributed by atoms with E-state index < -0.39 is 0 Å². The van der Waals surface area contributed by atoms with E-state index >= 15 is 0 Å². The summed E-state index contributed by atoms with van der Waals surface area (Å²) >= 11 is 0. The second kappa shape index (κ2) is 5.96. The van der Waals surface area contributed by atoms with Gasteiger partial charge >= 0.3 is 0 Å². The van der Waals surface area contributed by atoms with Crippen LogP contribution in [0.2, 0.25) is 0 Å². The number of nitrogens with one attached hydrogen (secondary N) is 1. The molecule has 2 fully saturated rings. The summed E-state index contributed by atoms with van der Waals surface area (Å²) in [6, 6.07) is 11.5. The lowest BCUT2D eigenvalue weighted by Gasteiger charge is -2.31. The van der Waals surface area contributed by atoms with Crippen LogP contribution in [0.4, 0.5) is 0 Å². The van der Waals surface area contributed by atoms with Gasteiger partial charge in [0.15, 0.2) is 0 Å². The molecule has 1 saturated carbocycles. The van der Waals surface area contributed by atoms with Crippen LogP contribution in [0.5, 0.6) is 0 Å². The number of nitrogens with zero attached hydrogens (tertiary/aromatic N) is 1. The largest absolute Gasteiger partial charge is 0.343 e. The molecular weight excluding hydrogens is 248 g/mol. The zero-order chi connectivity index (χ0) is 13.9. The Morgan fingerprint density at radius 2 is 1.95 bits per heavy atom. The van der Waals surface area contributed by atoms with Crippen LogP contribution < -0.4 is 5.32 Å². The van der Waals surface area contributed by atoms with Crippen molar-refractivity contribution < 1.29 is 4.79 Å². The monoisotopic (exact) mass is 272 g/mol. The Morgan fingerprint density at radius 3 is 2.60 bits per heavy atom. The molecule has 0 bridgehead atoms. The lowest BCUT2D eigenvalue weighted by Crippen LogP contribution is -2.40. The van der Waals surface area contributed by atoms with Crippen molar-refractivity contribution in [2.24, 2.45) is 5.92 Å². The first-order valence-corrected chi connectivity index (χ1v) is 7.78. The molecule has 1 amide bonds. The average Bonchev–Trinajstić information content (AvgIpc) is 3.26. The highest BCUT2D eigenvalue weighted by Crippen LogP contribution is 2.40. The van der Waals surface area contributed by atoms with Gasteiger partial charge < -0.3 is 10.2 Å². The Balaban J connectivity index is 1.39. The molecule has 3 nitrogen and oxygen atoms in total. The van der Waals surface area contributed by atoms with Crippen LogP contribution in [0.1, 0.15) is 37.7 Å². The number of benzene rings is 1. The molecule has 0 radical (unpaired) electrons. The standard InChI is InChI=1S/C17H24N2O/c1-13(20)19-9-7-14(8-10-19)12-18-17-11-16(17)15-5-3-2-4-6-15/h2-6,14,16-18H,7-12H2,1H3/t16?,17-/m0/s1. The van der Waals surface area contributed by atoms with Gasteiger partial charge in [0.05, 0.1) is 0 Å². The maximum Gasteiger partial charge on any atom is 0.219 e. The molecule has 0 spiro atoms. The number of likely N-dealkylation sites (tertiary alicyclic amines) is 1. The first-order valence-electron chi connectivity index (χ1n) is 7.78. The van der Waals surface area contributed by atoms with E-state index in [9.17, 15) is 4.79 Å². The van der Waals surface area contributed by atoms with E-state index in [2.05, 4.69) is 35.6 Å². The van der Waals surface area contributed by atoms with Crippen molar-refractivity contribution in [1.82, 2.24) is 10.2 Å². The normalized spacial score (nSPS) is 26.6. The quantitative estimate of drug-likeness (QED) is 0.913. The molecule has 1 aromatic carbocycles. The number of hydrogen-bond acceptors (Lipinski definition) is 2. The summed E-state index contributed by atoms with van der Waals surface area (Å²) in [5.41, 5.74) is 1.47. The molecule has 1 saturated heterocycles. The van der Waals surface area contributed by atoms with E-state index in [4.69, 9.17) is 0 Å². The van der Waals surface area contributed by atoms with E-state index in [1.165, 1.54) is 12.0 Å². The van der Waals surface area contributed by atoms with Crippen LogP contribution in [0.25, 0.3) is 0 Å². The van der Waals surface area contributed by atoms with Crippen molar-refractivity contribution in [2.75, 3.05) is 19.6 Å². The summed E-state index contributed by atoms with van der Waals surface area (Å²) in [5.74, 6) is 1.68. The van der Waals surface area contributed by atoms with E-state index in [0.29, 0.717) is 12.0 Å². The second-order valence-corrected chi connectivity index (χ2v) is 6.22. The van der Waals surface area contributed by atoms with Crippen LogP contribution in [0.15, 0.2) is 30.3 Å². The fourth-order valence-electron chi connectivity index (χ4n) is 3.26. The van der Waals surface area contributed by atoms with Crippen molar-refractivity contribution in [2.45, 2.75) is 38.1 Å². The molecule has 0 aromatic heterocycles. The van der Waals surface area contributed by atoms with Gasteiger partial charge in [-0.25, -0.2) is 0 Å². The molecule has 1 aliphatic carbocycles. The minimum atomic E-state index is 0.225. The number of hydrogen-bond donors (Lipinski definition) is 1. The molecule has 3 rings (SSSR count). The minimum absolute atomic E-state index is 0.225. The summed E-state index contributed by atoms with van der Waals surface area (Å²) in [6.45, 7) is 4.66. The Bertz CT molecular complexity index is 451. The van der Waals surface area contributed by atoms with Gasteiger partial charge in [-0.2, -0.15) is 0 Å². The fourth-order valence-corrected chi connectivity index (χ4v) is 3.26. The average molecular weight is 272 g/mol. The first kappa shape index (κ1) is 13.6. The fraction of sp³-hybridized carbons (Fsp3) is 0.588. The van der Waals surface area contributed by atoms with E-state index in [1.54, 1.807) is 6.92 Å². The lowest BCUT2D eigenvalue weighted by atomic mass is 9.96. The minimum Gasteiger partial charge on any atom is -0.343 e. The number of carbonyl (C=O) groups is 1. The molecule has 1 unspecified atom stereocenters. The Morgan fingerprint density at radius 1 is 1.25 bits per heavy atom. The van der Waals surface area contributed by atoms with Crippen molar-refractivity contribution in [3.63, 3.8) is 0 Å². The molecule has 2 aliphatic rings. The Labute approximate surface area is 121 Å². The number of carbonyl (C=O) groups excluding carboxylic acids is 1. The third-order valence-electron chi connectivity index (χ3n) is 4.75. The number of piperidine rings is 1. The number of amides is 1. The topological polar surface area (TPSA) is 32.3 Å². The molecular formula is C17H24N2O. The van der Waals surface area contributed by atoms with Gasteiger partial charge in [-0.05, 0) is 37.3 Å². The first-order chi connectivity index (χ1) is 9.74. The van der Waals surface area contributed by atoms with Crippen molar-refractivity contribution >= 4 is 5.91 Å². The van der Waals surface area contributed by atoms with Crippen LogP contribution in [-0.4, -0.2) is 36.5 Å². The van der Waals surface area contributed by atoms with E-state index in [1.807, 2.05) is 4.90 Å². The molecule has 2 atom stereocenters. The highest BCUT2D eigenvalue weighted by molar-refractivity contribution is 5.73. The summed E-state index contributed by atoms with van der Waals surface area (Å²) < 4.78 is 0. The Kier molecular flexibility index (Phi) is 4.06. The summed E-state index contributed by atoms with van der Waals surface area (Å²) in [6.07, 6.45) is 3.57. The third-order valence-corrected chi connectivity index (χ3v) is 4.75. The highest BCUT2D eigenvalue weighted by atomic mass is 16.2. The van der Waals surface area contributed by atoms with Gasteiger partial charge in [-0.1, -0.05) is 30.3 Å². The molecule has 1 N–H and O–H groups in total. The smallest absolute Gasteiger partial charge is 0.219 e. The van der Waals surface area contributed by atoms with Crippen molar-refractivity contribution in [3.8, 4) is 0 Å². The molecule has 1 aromatic rings. The van der Waals surface area contributed by atoms with Crippen LogP contribution in [0.3, 0.4) is 0 Å². The zero-order valence-electron chi connectivity index (χ0n) is 12.2. The maximum absolute atomic E-state index is 11.3. The van der Waals surface area contributed by atoms with Crippen LogP contribution >= 0.6 is 0 Å². The molecule has 1 heterocycles. The zero-order valence-corrected chi connectivity index (χ0v) is 12.2. The lowest BCUT2D eigenvalue weighted by molar-refractivity contribution is -0.130. The predicted molar refractivity (Wildman–Crippen MR) is 80.6 cm³/mol. The Hall–Kier alpha value is -1.35. The molecule has 108 valence electrons. The third kappa shape index (κ3) is 3.21. The summed E-state index contributed by atoms with van der Waals surface area (Å²) in [4.78, 5) is 13.3. The molecule has 1 aliphatic heterocycles. The van der Waals surface area contributed by atoms with Gasteiger partial charge in [-0.3, -0.25) is 4.79 Å². The summed E-state index contributed by atoms with van der Waals surface area (Å²) in [5, 5.41) is 3.72. The van der Waals surface area contributed by atoms with Crippen LogP contribution in [0, 0.1) is 5.92 Å². The van der Waals surface area contributed by atoms with Gasteiger partial charge in [0.1, 0.15) is 0 Å². The SMILES string of the molecule is CC(=O)N1CCC(CN[C@H]2CC2c2ccccc2)CC1. The van der Waals surface area contributed by atoms with Gasteiger partial charge in [0.25, 0.3) is 0 Å². The van der Waals surface area contributed by atoms with Crippen LogP contribution in [-0.2, 0) is 4.79 Å². The maximum atomic E-state index is 11.3.